The number of nitro groups is 1. The first-order valence-electron chi connectivity index (χ1n) is 5.79. The quantitative estimate of drug-likeness (QED) is 0.505. The first-order chi connectivity index (χ1) is 8.58. The Morgan fingerprint density at radius 2 is 2.28 bits per heavy atom. The summed E-state index contributed by atoms with van der Waals surface area (Å²) in [5.74, 6) is 0.815. The van der Waals surface area contributed by atoms with Crippen LogP contribution < -0.4 is 10.6 Å². The molecule has 0 radical (unpaired) electrons. The highest BCUT2D eigenvalue weighted by molar-refractivity contribution is 5.60. The maximum absolute atomic E-state index is 10.9. The number of hydrogen-bond donors (Lipinski definition) is 3. The molecular formula is C11H18N4O3. The van der Waals surface area contributed by atoms with Gasteiger partial charge in [0.2, 0.25) is 5.82 Å². The molecule has 1 heterocycles. The molecule has 0 fully saturated rings. The van der Waals surface area contributed by atoms with Crippen molar-refractivity contribution in [3.05, 3.63) is 22.2 Å². The molecule has 0 amide bonds. The van der Waals surface area contributed by atoms with Crippen LogP contribution in [0.1, 0.15) is 19.8 Å². The highest BCUT2D eigenvalue weighted by Crippen LogP contribution is 2.24. The molecule has 1 rings (SSSR count). The fourth-order valence-electron chi connectivity index (χ4n) is 1.55. The molecule has 0 aliphatic rings. The number of nitrogens with zero attached hydrogens (tertiary/aromatic N) is 2. The molecule has 0 spiro atoms. The summed E-state index contributed by atoms with van der Waals surface area (Å²) in [4.78, 5) is 14.6. The summed E-state index contributed by atoms with van der Waals surface area (Å²) < 4.78 is 0. The van der Waals surface area contributed by atoms with Gasteiger partial charge in [0.15, 0.2) is 0 Å². The van der Waals surface area contributed by atoms with Gasteiger partial charge in [-0.2, -0.15) is 0 Å². The summed E-state index contributed by atoms with van der Waals surface area (Å²) in [6.45, 7) is 2.01. The minimum absolute atomic E-state index is 0.00968. The van der Waals surface area contributed by atoms with Gasteiger partial charge in [-0.1, -0.05) is 0 Å². The number of rotatable bonds is 7. The van der Waals surface area contributed by atoms with E-state index in [1.807, 2.05) is 6.92 Å². The average Bonchev–Trinajstić information content (AvgIpc) is 2.35. The number of nitrogens with one attached hydrogen (secondary N) is 2. The van der Waals surface area contributed by atoms with Crippen molar-refractivity contribution in [3.8, 4) is 0 Å². The molecular weight excluding hydrogens is 236 g/mol. The van der Waals surface area contributed by atoms with Crippen LogP contribution in [0.25, 0.3) is 0 Å². The van der Waals surface area contributed by atoms with Gasteiger partial charge in [0.25, 0.3) is 0 Å². The van der Waals surface area contributed by atoms with E-state index < -0.39 is 4.92 Å². The van der Waals surface area contributed by atoms with E-state index in [2.05, 4.69) is 15.6 Å². The van der Waals surface area contributed by atoms with Gasteiger partial charge in [-0.3, -0.25) is 10.1 Å². The van der Waals surface area contributed by atoms with Crippen molar-refractivity contribution in [2.24, 2.45) is 0 Å². The standard InChI is InChI=1S/C11H18N4O3/c1-8(4-3-7-16)13-11-9(15(17)18)5-6-10(12-2)14-11/h5-6,8,16H,3-4,7H2,1-2H3,(H2,12,13,14). The van der Waals surface area contributed by atoms with E-state index in [4.69, 9.17) is 5.11 Å². The predicted octanol–water partition coefficient (Wildman–Crippen LogP) is 1.60. The van der Waals surface area contributed by atoms with Crippen molar-refractivity contribution in [1.82, 2.24) is 4.98 Å². The Balaban J connectivity index is 2.86. The zero-order valence-corrected chi connectivity index (χ0v) is 10.5. The summed E-state index contributed by atoms with van der Waals surface area (Å²) in [6.07, 6.45) is 1.37. The number of aromatic nitrogens is 1. The SMILES string of the molecule is CNc1ccc([N+](=O)[O-])c(NC(C)CCCO)n1. The van der Waals surface area contributed by atoms with E-state index in [1.165, 1.54) is 6.07 Å². The monoisotopic (exact) mass is 254 g/mol. The Bertz CT molecular complexity index is 411. The maximum atomic E-state index is 10.9. The summed E-state index contributed by atoms with van der Waals surface area (Å²) >= 11 is 0. The van der Waals surface area contributed by atoms with Crippen molar-refractivity contribution in [1.29, 1.82) is 0 Å². The topological polar surface area (TPSA) is 100 Å². The Hall–Kier alpha value is -1.89. The van der Waals surface area contributed by atoms with Gasteiger partial charge in [0.05, 0.1) is 4.92 Å². The van der Waals surface area contributed by atoms with Gasteiger partial charge in [0.1, 0.15) is 5.82 Å². The van der Waals surface area contributed by atoms with E-state index in [1.54, 1.807) is 13.1 Å². The van der Waals surface area contributed by atoms with Crippen molar-refractivity contribution >= 4 is 17.3 Å². The highest BCUT2D eigenvalue weighted by Gasteiger charge is 2.17. The van der Waals surface area contributed by atoms with Crippen molar-refractivity contribution < 1.29 is 10.0 Å². The van der Waals surface area contributed by atoms with Crippen molar-refractivity contribution in [2.45, 2.75) is 25.8 Å². The second kappa shape index (κ2) is 6.75. The van der Waals surface area contributed by atoms with E-state index in [9.17, 15) is 10.1 Å². The largest absolute Gasteiger partial charge is 0.396 e. The zero-order valence-electron chi connectivity index (χ0n) is 10.5. The molecule has 1 aromatic heterocycles. The third-order valence-electron chi connectivity index (χ3n) is 2.51. The van der Waals surface area contributed by atoms with Crippen LogP contribution in [-0.4, -0.2) is 34.7 Å². The van der Waals surface area contributed by atoms with E-state index in [0.29, 0.717) is 12.2 Å². The molecule has 7 heteroatoms. The summed E-state index contributed by atoms with van der Waals surface area (Å²) in [6, 6.07) is 2.98. The Morgan fingerprint density at radius 1 is 1.56 bits per heavy atom. The molecule has 0 aromatic carbocycles. The lowest BCUT2D eigenvalue weighted by atomic mass is 10.2. The zero-order chi connectivity index (χ0) is 13.5. The first kappa shape index (κ1) is 14.2. The molecule has 0 aliphatic carbocycles. The molecule has 100 valence electrons. The van der Waals surface area contributed by atoms with Gasteiger partial charge in [0, 0.05) is 25.8 Å². The van der Waals surface area contributed by atoms with Gasteiger partial charge in [-0.05, 0) is 25.8 Å². The van der Waals surface area contributed by atoms with Crippen LogP contribution in [0, 0.1) is 10.1 Å². The molecule has 3 N–H and O–H groups in total. The van der Waals surface area contributed by atoms with Crippen molar-refractivity contribution in [2.75, 3.05) is 24.3 Å². The molecule has 1 atom stereocenters. The number of anilines is 2. The lowest BCUT2D eigenvalue weighted by Gasteiger charge is -2.14. The van der Waals surface area contributed by atoms with Crippen LogP contribution >= 0.6 is 0 Å². The smallest absolute Gasteiger partial charge is 0.311 e. The molecule has 0 saturated heterocycles. The lowest BCUT2D eigenvalue weighted by Crippen LogP contribution is -2.17. The lowest BCUT2D eigenvalue weighted by molar-refractivity contribution is -0.384. The second-order valence-corrected chi connectivity index (χ2v) is 3.98. The molecule has 7 nitrogen and oxygen atoms in total. The Kier molecular flexibility index (Phi) is 5.31. The van der Waals surface area contributed by atoms with Crippen molar-refractivity contribution in [3.63, 3.8) is 0 Å². The summed E-state index contributed by atoms with van der Waals surface area (Å²) in [7, 11) is 1.70. The molecule has 1 aromatic rings. The van der Waals surface area contributed by atoms with Crippen LogP contribution in [0.3, 0.4) is 0 Å². The fraction of sp³-hybridized carbons (Fsp3) is 0.545. The highest BCUT2D eigenvalue weighted by atomic mass is 16.6. The molecule has 0 saturated carbocycles. The third kappa shape index (κ3) is 3.85. The minimum atomic E-state index is -0.465. The van der Waals surface area contributed by atoms with E-state index in [0.717, 1.165) is 6.42 Å². The molecule has 1 unspecified atom stereocenters. The van der Waals surface area contributed by atoms with Crippen LogP contribution in [0.2, 0.25) is 0 Å². The van der Waals surface area contributed by atoms with E-state index in [-0.39, 0.29) is 24.2 Å². The van der Waals surface area contributed by atoms with Gasteiger partial charge < -0.3 is 15.7 Å². The molecule has 18 heavy (non-hydrogen) atoms. The second-order valence-electron chi connectivity index (χ2n) is 3.98. The van der Waals surface area contributed by atoms with Crippen LogP contribution in [-0.2, 0) is 0 Å². The summed E-state index contributed by atoms with van der Waals surface area (Å²) in [5, 5.41) is 25.5. The summed E-state index contributed by atoms with van der Waals surface area (Å²) in [5.41, 5.74) is -0.0511. The normalized spacial score (nSPS) is 11.9. The number of hydrogen-bond acceptors (Lipinski definition) is 6. The van der Waals surface area contributed by atoms with Gasteiger partial charge in [-0.25, -0.2) is 4.98 Å². The Morgan fingerprint density at radius 3 is 2.83 bits per heavy atom. The average molecular weight is 254 g/mol. The maximum Gasteiger partial charge on any atom is 0.311 e. The van der Waals surface area contributed by atoms with Crippen LogP contribution in [0.15, 0.2) is 12.1 Å². The molecule has 0 bridgehead atoms. The van der Waals surface area contributed by atoms with Gasteiger partial charge >= 0.3 is 5.69 Å². The Labute approximate surface area is 105 Å². The third-order valence-corrected chi connectivity index (χ3v) is 2.51. The number of pyridine rings is 1. The number of aliphatic hydroxyl groups excluding tert-OH is 1. The minimum Gasteiger partial charge on any atom is -0.396 e. The molecule has 0 aliphatic heterocycles. The number of aliphatic hydroxyl groups is 1. The van der Waals surface area contributed by atoms with Gasteiger partial charge in [-0.15, -0.1) is 0 Å². The van der Waals surface area contributed by atoms with Crippen LogP contribution in [0.4, 0.5) is 17.3 Å². The predicted molar refractivity (Wildman–Crippen MR) is 69.8 cm³/mol. The first-order valence-corrected chi connectivity index (χ1v) is 5.79. The van der Waals surface area contributed by atoms with Crippen LogP contribution in [0.5, 0.6) is 0 Å². The fourth-order valence-corrected chi connectivity index (χ4v) is 1.55. The van der Waals surface area contributed by atoms with E-state index >= 15 is 0 Å².